The Morgan fingerprint density at radius 3 is 2.60 bits per heavy atom. The first-order chi connectivity index (χ1) is 12.1. The fraction of sp³-hybridized carbons (Fsp3) is 0.316. The summed E-state index contributed by atoms with van der Waals surface area (Å²) in [5.41, 5.74) is 1.81. The topological polar surface area (TPSA) is 59.6 Å². The van der Waals surface area contributed by atoms with E-state index >= 15 is 0 Å². The van der Waals surface area contributed by atoms with Crippen LogP contribution in [0.25, 0.3) is 0 Å². The molecule has 0 atom stereocenters. The molecule has 0 fully saturated rings. The predicted octanol–water partition coefficient (Wildman–Crippen LogP) is 3.97. The Hall–Kier alpha value is -2.05. The van der Waals surface area contributed by atoms with E-state index in [0.29, 0.717) is 11.5 Å². The highest BCUT2D eigenvalue weighted by molar-refractivity contribution is 9.10. The van der Waals surface area contributed by atoms with E-state index in [9.17, 15) is 4.79 Å². The number of halogens is 1. The van der Waals surface area contributed by atoms with Crippen LogP contribution in [-0.4, -0.2) is 26.2 Å². The van der Waals surface area contributed by atoms with Crippen molar-refractivity contribution in [3.05, 3.63) is 52.5 Å². The Balaban J connectivity index is 1.98. The summed E-state index contributed by atoms with van der Waals surface area (Å²) in [6.07, 6.45) is 1.08. The maximum Gasteiger partial charge on any atom is 0.262 e. The number of carbonyl (C=O) groups is 1. The number of nitrogens with one attached hydrogen (secondary N) is 2. The second-order valence-electron chi connectivity index (χ2n) is 5.47. The van der Waals surface area contributed by atoms with Crippen molar-refractivity contribution in [1.29, 1.82) is 0 Å². The lowest BCUT2D eigenvalue weighted by atomic mass is 10.2. The summed E-state index contributed by atoms with van der Waals surface area (Å²) in [7, 11) is 1.59. The molecule has 134 valence electrons. The maximum atomic E-state index is 12.0. The number of amides is 1. The molecule has 0 unspecified atom stereocenters. The normalized spacial score (nSPS) is 10.4. The Kier molecular flexibility index (Phi) is 7.76. The van der Waals surface area contributed by atoms with Crippen molar-refractivity contribution >= 4 is 27.5 Å². The molecule has 6 heteroatoms. The largest absolute Gasteiger partial charge is 0.493 e. The minimum Gasteiger partial charge on any atom is -0.493 e. The van der Waals surface area contributed by atoms with Gasteiger partial charge in [-0.3, -0.25) is 4.79 Å². The third-order valence-corrected chi connectivity index (χ3v) is 4.23. The molecule has 2 aromatic rings. The monoisotopic (exact) mass is 406 g/mol. The zero-order valence-electron chi connectivity index (χ0n) is 14.5. The standard InChI is InChI=1S/C19H23BrN2O3/c1-3-9-21-12-14-10-17(24-2)18(11-16(14)20)25-13-19(23)22-15-7-5-4-6-8-15/h4-8,10-11,21H,3,9,12-13H2,1-2H3,(H,22,23). The summed E-state index contributed by atoms with van der Waals surface area (Å²) in [4.78, 5) is 12.0. The highest BCUT2D eigenvalue weighted by atomic mass is 79.9. The number of anilines is 1. The molecule has 0 saturated heterocycles. The molecule has 0 aliphatic heterocycles. The Morgan fingerprint density at radius 2 is 1.92 bits per heavy atom. The second-order valence-corrected chi connectivity index (χ2v) is 6.33. The molecule has 0 bridgehead atoms. The minimum atomic E-state index is -0.224. The Bertz CT molecular complexity index is 693. The molecule has 2 N–H and O–H groups in total. The van der Waals surface area contributed by atoms with Gasteiger partial charge in [0.25, 0.3) is 5.91 Å². The first kappa shape index (κ1) is 19.3. The summed E-state index contributed by atoms with van der Waals surface area (Å²) in [5, 5.41) is 6.13. The molecule has 0 heterocycles. The quantitative estimate of drug-likeness (QED) is 0.618. The third-order valence-electron chi connectivity index (χ3n) is 3.49. The summed E-state index contributed by atoms with van der Waals surface area (Å²) in [6.45, 7) is 3.72. The smallest absolute Gasteiger partial charge is 0.262 e. The summed E-state index contributed by atoms with van der Waals surface area (Å²) >= 11 is 3.55. The average Bonchev–Trinajstić information content (AvgIpc) is 2.62. The van der Waals surface area contributed by atoms with Crippen molar-refractivity contribution in [2.24, 2.45) is 0 Å². The van der Waals surface area contributed by atoms with Gasteiger partial charge >= 0.3 is 0 Å². The maximum absolute atomic E-state index is 12.0. The van der Waals surface area contributed by atoms with Crippen LogP contribution in [0, 0.1) is 0 Å². The van der Waals surface area contributed by atoms with Gasteiger partial charge in [0.15, 0.2) is 18.1 Å². The van der Waals surface area contributed by atoms with Crippen LogP contribution in [0.15, 0.2) is 46.9 Å². The van der Waals surface area contributed by atoms with E-state index in [1.807, 2.05) is 42.5 Å². The summed E-state index contributed by atoms with van der Waals surface area (Å²) in [5.74, 6) is 0.902. The van der Waals surface area contributed by atoms with Gasteiger partial charge in [-0.2, -0.15) is 0 Å². The van der Waals surface area contributed by atoms with Crippen molar-refractivity contribution in [2.75, 3.05) is 25.6 Å². The molecule has 5 nitrogen and oxygen atoms in total. The van der Waals surface area contributed by atoms with Gasteiger partial charge < -0.3 is 20.1 Å². The number of para-hydroxylation sites is 1. The minimum absolute atomic E-state index is 0.0921. The van der Waals surface area contributed by atoms with Crippen LogP contribution >= 0.6 is 15.9 Å². The molecule has 0 aliphatic carbocycles. The van der Waals surface area contributed by atoms with Crippen LogP contribution in [0.2, 0.25) is 0 Å². The van der Waals surface area contributed by atoms with Crippen molar-refractivity contribution in [3.8, 4) is 11.5 Å². The van der Waals surface area contributed by atoms with Crippen LogP contribution in [0.4, 0.5) is 5.69 Å². The van der Waals surface area contributed by atoms with Gasteiger partial charge in [0.05, 0.1) is 7.11 Å². The highest BCUT2D eigenvalue weighted by Crippen LogP contribution is 2.33. The first-order valence-corrected chi connectivity index (χ1v) is 8.98. The number of methoxy groups -OCH3 is 1. The van der Waals surface area contributed by atoms with Gasteiger partial charge in [0.2, 0.25) is 0 Å². The van der Waals surface area contributed by atoms with Crippen molar-refractivity contribution in [3.63, 3.8) is 0 Å². The average molecular weight is 407 g/mol. The number of carbonyl (C=O) groups excluding carboxylic acids is 1. The third kappa shape index (κ3) is 6.07. The molecule has 2 aromatic carbocycles. The molecular formula is C19H23BrN2O3. The van der Waals surface area contributed by atoms with E-state index in [1.54, 1.807) is 7.11 Å². The molecule has 25 heavy (non-hydrogen) atoms. The number of hydrogen-bond acceptors (Lipinski definition) is 4. The van der Waals surface area contributed by atoms with Gasteiger partial charge in [-0.1, -0.05) is 41.1 Å². The van der Waals surface area contributed by atoms with Gasteiger partial charge in [-0.15, -0.1) is 0 Å². The SMILES string of the molecule is CCCNCc1cc(OC)c(OCC(=O)Nc2ccccc2)cc1Br. The predicted molar refractivity (Wildman–Crippen MR) is 103 cm³/mol. The van der Waals surface area contributed by atoms with Crippen LogP contribution in [0.3, 0.4) is 0 Å². The van der Waals surface area contributed by atoms with Gasteiger partial charge in [-0.25, -0.2) is 0 Å². The fourth-order valence-corrected chi connectivity index (χ4v) is 2.71. The van der Waals surface area contributed by atoms with E-state index < -0.39 is 0 Å². The Morgan fingerprint density at radius 1 is 1.16 bits per heavy atom. The molecule has 0 spiro atoms. The van der Waals surface area contributed by atoms with Crippen molar-refractivity contribution in [2.45, 2.75) is 19.9 Å². The highest BCUT2D eigenvalue weighted by Gasteiger charge is 2.12. The zero-order valence-corrected chi connectivity index (χ0v) is 16.1. The molecule has 1 amide bonds. The lowest BCUT2D eigenvalue weighted by Gasteiger charge is -2.14. The fourth-order valence-electron chi connectivity index (χ4n) is 2.25. The molecule has 0 aromatic heterocycles. The van der Waals surface area contributed by atoms with Crippen LogP contribution in [-0.2, 0) is 11.3 Å². The lowest BCUT2D eigenvalue weighted by Crippen LogP contribution is -2.20. The zero-order chi connectivity index (χ0) is 18.1. The molecule has 2 rings (SSSR count). The van der Waals surface area contributed by atoms with E-state index in [0.717, 1.165) is 35.2 Å². The van der Waals surface area contributed by atoms with E-state index in [1.165, 1.54) is 0 Å². The van der Waals surface area contributed by atoms with Crippen LogP contribution in [0.1, 0.15) is 18.9 Å². The molecule has 0 aliphatic rings. The van der Waals surface area contributed by atoms with Crippen LogP contribution < -0.4 is 20.1 Å². The summed E-state index contributed by atoms with van der Waals surface area (Å²) < 4.78 is 11.9. The van der Waals surface area contributed by atoms with E-state index in [4.69, 9.17) is 9.47 Å². The van der Waals surface area contributed by atoms with Gasteiger partial charge in [-0.05, 0) is 42.8 Å². The second kappa shape index (κ2) is 10.1. The first-order valence-electron chi connectivity index (χ1n) is 8.18. The van der Waals surface area contributed by atoms with Crippen molar-refractivity contribution < 1.29 is 14.3 Å². The Labute approximate surface area is 156 Å². The van der Waals surface area contributed by atoms with E-state index in [2.05, 4.69) is 33.5 Å². The van der Waals surface area contributed by atoms with Gasteiger partial charge in [0, 0.05) is 16.7 Å². The van der Waals surface area contributed by atoms with Gasteiger partial charge in [0.1, 0.15) is 0 Å². The van der Waals surface area contributed by atoms with E-state index in [-0.39, 0.29) is 12.5 Å². The molecule has 0 radical (unpaired) electrons. The number of benzene rings is 2. The number of rotatable bonds is 9. The number of hydrogen-bond donors (Lipinski definition) is 2. The number of ether oxygens (including phenoxy) is 2. The molecular weight excluding hydrogens is 384 g/mol. The van der Waals surface area contributed by atoms with Crippen molar-refractivity contribution in [1.82, 2.24) is 5.32 Å². The van der Waals surface area contributed by atoms with Crippen LogP contribution in [0.5, 0.6) is 11.5 Å². The lowest BCUT2D eigenvalue weighted by molar-refractivity contribution is -0.118. The molecule has 0 saturated carbocycles. The summed E-state index contributed by atoms with van der Waals surface area (Å²) in [6, 6.07) is 13.0.